The second kappa shape index (κ2) is 50.3. The van der Waals surface area contributed by atoms with Crippen molar-refractivity contribution < 1.29 is 28.6 Å². The van der Waals surface area contributed by atoms with Gasteiger partial charge in [-0.15, -0.1) is 0 Å². The molecule has 0 rings (SSSR count). The third-order valence-electron chi connectivity index (χ3n) is 11.6. The Hall–Kier alpha value is -2.37. The van der Waals surface area contributed by atoms with Crippen LogP contribution in [0.5, 0.6) is 0 Å². The number of hydrogen-bond acceptors (Lipinski definition) is 6. The van der Waals surface area contributed by atoms with E-state index in [1.54, 1.807) is 0 Å². The van der Waals surface area contributed by atoms with Gasteiger partial charge in [0.05, 0.1) is 0 Å². The summed E-state index contributed by atoms with van der Waals surface area (Å²) in [6.45, 7) is 6.61. The van der Waals surface area contributed by atoms with Gasteiger partial charge >= 0.3 is 17.9 Å². The van der Waals surface area contributed by atoms with Crippen LogP contribution in [0.2, 0.25) is 0 Å². The van der Waals surface area contributed by atoms with Crippen molar-refractivity contribution in [3.05, 3.63) is 36.5 Å². The minimum atomic E-state index is -0.776. The lowest BCUT2D eigenvalue weighted by Gasteiger charge is -2.18. The lowest BCUT2D eigenvalue weighted by Crippen LogP contribution is -2.30. The largest absolute Gasteiger partial charge is 0.462 e. The molecule has 6 nitrogen and oxygen atoms in total. The molecule has 0 aliphatic rings. The van der Waals surface area contributed by atoms with Crippen LogP contribution < -0.4 is 0 Å². The molecule has 0 bridgehead atoms. The molecule has 0 amide bonds. The van der Waals surface area contributed by atoms with E-state index in [1.807, 2.05) is 0 Å². The van der Waals surface area contributed by atoms with Gasteiger partial charge in [0.2, 0.25) is 0 Å². The Morgan fingerprint density at radius 3 is 0.951 bits per heavy atom. The van der Waals surface area contributed by atoms with Gasteiger partial charge in [-0.05, 0) is 77.0 Å². The number of ether oxygens (including phenoxy) is 3. The van der Waals surface area contributed by atoms with Crippen molar-refractivity contribution >= 4 is 17.9 Å². The molecule has 0 aromatic rings. The molecule has 0 unspecified atom stereocenters. The molecule has 0 aromatic heterocycles. The van der Waals surface area contributed by atoms with Crippen LogP contribution in [0.25, 0.3) is 0 Å². The fourth-order valence-electron chi connectivity index (χ4n) is 7.59. The number of rotatable bonds is 48. The van der Waals surface area contributed by atoms with E-state index in [2.05, 4.69) is 57.2 Å². The van der Waals surface area contributed by atoms with Gasteiger partial charge in [0.15, 0.2) is 6.10 Å². The Bertz CT molecular complexity index is 1030. The number of carbonyl (C=O) groups is 3. The zero-order chi connectivity index (χ0) is 44.4. The molecule has 0 aliphatic heterocycles. The molecular formula is C55H100O6. The van der Waals surface area contributed by atoms with Crippen molar-refractivity contribution in [1.29, 1.82) is 0 Å². The van der Waals surface area contributed by atoms with E-state index < -0.39 is 6.10 Å². The average Bonchev–Trinajstić information content (AvgIpc) is 3.26. The van der Waals surface area contributed by atoms with Crippen LogP contribution in [0.4, 0.5) is 0 Å². The Balaban J connectivity index is 4.36. The van der Waals surface area contributed by atoms with Gasteiger partial charge in [0.25, 0.3) is 0 Å². The number of hydrogen-bond donors (Lipinski definition) is 0. The van der Waals surface area contributed by atoms with E-state index in [9.17, 15) is 14.4 Å². The van der Waals surface area contributed by atoms with Crippen molar-refractivity contribution in [2.45, 2.75) is 284 Å². The fraction of sp³-hybridized carbons (Fsp3) is 0.836. The predicted molar refractivity (Wildman–Crippen MR) is 261 cm³/mol. The summed E-state index contributed by atoms with van der Waals surface area (Å²) >= 11 is 0. The van der Waals surface area contributed by atoms with E-state index in [0.717, 1.165) is 77.0 Å². The van der Waals surface area contributed by atoms with Gasteiger partial charge in [-0.25, -0.2) is 0 Å². The topological polar surface area (TPSA) is 78.9 Å². The lowest BCUT2D eigenvalue weighted by atomic mass is 10.1. The molecule has 0 aromatic carbocycles. The first-order chi connectivity index (χ1) is 30.0. The number of allylic oxidation sites excluding steroid dienone is 6. The van der Waals surface area contributed by atoms with Gasteiger partial charge in [-0.1, -0.05) is 218 Å². The maximum absolute atomic E-state index is 12.8. The fourth-order valence-corrected chi connectivity index (χ4v) is 7.59. The van der Waals surface area contributed by atoms with Gasteiger partial charge in [0, 0.05) is 19.3 Å². The highest BCUT2D eigenvalue weighted by Gasteiger charge is 2.19. The summed E-state index contributed by atoms with van der Waals surface area (Å²) in [6.07, 6.45) is 58.4. The summed E-state index contributed by atoms with van der Waals surface area (Å²) in [7, 11) is 0. The third kappa shape index (κ3) is 48.5. The minimum Gasteiger partial charge on any atom is -0.462 e. The molecule has 0 spiro atoms. The molecule has 0 heterocycles. The molecule has 0 saturated carbocycles. The maximum atomic E-state index is 12.8. The van der Waals surface area contributed by atoms with E-state index in [4.69, 9.17) is 14.2 Å². The van der Waals surface area contributed by atoms with E-state index in [1.165, 1.54) is 161 Å². The Kier molecular flexibility index (Phi) is 48.3. The van der Waals surface area contributed by atoms with Crippen molar-refractivity contribution in [2.24, 2.45) is 0 Å². The Morgan fingerprint density at radius 1 is 0.328 bits per heavy atom. The van der Waals surface area contributed by atoms with E-state index in [-0.39, 0.29) is 31.1 Å². The van der Waals surface area contributed by atoms with Crippen molar-refractivity contribution in [3.8, 4) is 0 Å². The molecule has 0 radical (unpaired) electrons. The summed E-state index contributed by atoms with van der Waals surface area (Å²) < 4.78 is 16.8. The van der Waals surface area contributed by atoms with Gasteiger partial charge < -0.3 is 14.2 Å². The lowest BCUT2D eigenvalue weighted by molar-refractivity contribution is -0.167. The summed E-state index contributed by atoms with van der Waals surface area (Å²) in [5.74, 6) is -0.884. The van der Waals surface area contributed by atoms with Crippen LogP contribution in [0, 0.1) is 0 Å². The second-order valence-electron chi connectivity index (χ2n) is 17.8. The first-order valence-corrected chi connectivity index (χ1v) is 26.5. The molecule has 6 heteroatoms. The molecule has 0 saturated heterocycles. The molecule has 0 fully saturated rings. The van der Waals surface area contributed by atoms with Crippen molar-refractivity contribution in [2.75, 3.05) is 13.2 Å². The van der Waals surface area contributed by atoms with E-state index in [0.29, 0.717) is 19.3 Å². The van der Waals surface area contributed by atoms with Crippen LogP contribution in [0.3, 0.4) is 0 Å². The summed E-state index contributed by atoms with van der Waals surface area (Å²) in [4.78, 5) is 38.0. The first-order valence-electron chi connectivity index (χ1n) is 26.5. The maximum Gasteiger partial charge on any atom is 0.306 e. The van der Waals surface area contributed by atoms with Gasteiger partial charge in [0.1, 0.15) is 13.2 Å². The Morgan fingerprint density at radius 2 is 0.590 bits per heavy atom. The van der Waals surface area contributed by atoms with Crippen LogP contribution in [-0.4, -0.2) is 37.2 Å². The number of esters is 3. The second-order valence-corrected chi connectivity index (χ2v) is 17.8. The smallest absolute Gasteiger partial charge is 0.306 e. The molecule has 61 heavy (non-hydrogen) atoms. The summed E-state index contributed by atoms with van der Waals surface area (Å²) in [5, 5.41) is 0. The highest BCUT2D eigenvalue weighted by Crippen LogP contribution is 2.15. The SMILES string of the molecule is CCCCC/C=C\C/C=C\CCCCCCCC(=O)OC[C@H](COC(=O)CCCCCCCCCCCCC)OC(=O)CCCCCCCCC/C=C\CCCCCCCC. The highest BCUT2D eigenvalue weighted by atomic mass is 16.6. The zero-order valence-corrected chi connectivity index (χ0v) is 40.7. The molecule has 0 N–H and O–H groups in total. The summed E-state index contributed by atoms with van der Waals surface area (Å²) in [5.41, 5.74) is 0. The monoisotopic (exact) mass is 857 g/mol. The predicted octanol–water partition coefficient (Wildman–Crippen LogP) is 17.3. The Labute approximate surface area is 378 Å². The number of carbonyl (C=O) groups excluding carboxylic acids is 3. The summed E-state index contributed by atoms with van der Waals surface area (Å²) in [6, 6.07) is 0. The average molecular weight is 857 g/mol. The van der Waals surface area contributed by atoms with Crippen LogP contribution in [0.15, 0.2) is 36.5 Å². The highest BCUT2D eigenvalue weighted by molar-refractivity contribution is 5.71. The van der Waals surface area contributed by atoms with Crippen LogP contribution in [-0.2, 0) is 28.6 Å². The van der Waals surface area contributed by atoms with Crippen molar-refractivity contribution in [3.63, 3.8) is 0 Å². The quantitative estimate of drug-likeness (QED) is 0.0262. The molecule has 0 aliphatic carbocycles. The van der Waals surface area contributed by atoms with E-state index >= 15 is 0 Å². The normalized spacial score (nSPS) is 12.2. The van der Waals surface area contributed by atoms with Gasteiger partial charge in [-0.3, -0.25) is 14.4 Å². The van der Waals surface area contributed by atoms with Crippen LogP contribution >= 0.6 is 0 Å². The van der Waals surface area contributed by atoms with Crippen molar-refractivity contribution in [1.82, 2.24) is 0 Å². The molecule has 356 valence electrons. The zero-order valence-electron chi connectivity index (χ0n) is 40.7. The first kappa shape index (κ1) is 58.6. The standard InChI is InChI=1S/C55H100O6/c1-4-7-10-13-16-19-22-24-26-27-29-31-34-37-40-43-46-49-55(58)61-52(50-59-53(56)47-44-41-38-35-32-21-18-15-12-9-6-3)51-60-54(57)48-45-42-39-36-33-30-28-25-23-20-17-14-11-8-5-2/h17,20,24-26,28,52H,4-16,18-19,21-23,27,29-51H2,1-3H3/b20-17-,26-24-,28-25-/t52-/m0/s1. The number of unbranched alkanes of at least 4 members (excludes halogenated alkanes) is 31. The van der Waals surface area contributed by atoms with Gasteiger partial charge in [-0.2, -0.15) is 0 Å². The molecular weight excluding hydrogens is 757 g/mol. The minimum absolute atomic E-state index is 0.0756. The van der Waals surface area contributed by atoms with Crippen LogP contribution in [0.1, 0.15) is 278 Å². The molecule has 1 atom stereocenters. The third-order valence-corrected chi connectivity index (χ3v) is 11.6.